The highest BCUT2D eigenvalue weighted by Gasteiger charge is 2.07. The lowest BCUT2D eigenvalue weighted by Gasteiger charge is -2.17. The topological polar surface area (TPSA) is 41.3 Å². The molecule has 20 heavy (non-hydrogen) atoms. The van der Waals surface area contributed by atoms with E-state index in [0.29, 0.717) is 0 Å². The van der Waals surface area contributed by atoms with Crippen LogP contribution in [-0.4, -0.2) is 19.0 Å². The number of anilines is 3. The summed E-state index contributed by atoms with van der Waals surface area (Å²) in [6, 6.07) is 14.4. The molecular weight excluding hydrogens is 246 g/mol. The summed E-state index contributed by atoms with van der Waals surface area (Å²) in [6.45, 7) is 3.03. The van der Waals surface area contributed by atoms with Gasteiger partial charge in [0, 0.05) is 23.6 Å². The van der Waals surface area contributed by atoms with E-state index in [-0.39, 0.29) is 0 Å². The minimum atomic E-state index is 0.802. The molecule has 0 aliphatic heterocycles. The normalized spacial score (nSPS) is 10.8. The van der Waals surface area contributed by atoms with Crippen molar-refractivity contribution in [3.63, 3.8) is 0 Å². The molecular formula is C17H23N3. The van der Waals surface area contributed by atoms with Gasteiger partial charge in [-0.05, 0) is 55.9 Å². The molecule has 2 aromatic carbocycles. The van der Waals surface area contributed by atoms with Crippen LogP contribution in [0.1, 0.15) is 18.1 Å². The second kappa shape index (κ2) is 6.44. The third-order valence-corrected chi connectivity index (χ3v) is 3.28. The van der Waals surface area contributed by atoms with Gasteiger partial charge in [-0.25, -0.2) is 0 Å². The molecule has 2 rings (SSSR count). The number of nitrogens with zero attached hydrogens (tertiary/aromatic N) is 1. The van der Waals surface area contributed by atoms with Gasteiger partial charge in [0.25, 0.3) is 0 Å². The fraction of sp³-hybridized carbons (Fsp3) is 0.294. The lowest BCUT2D eigenvalue weighted by Crippen LogP contribution is -2.12. The third-order valence-electron chi connectivity index (χ3n) is 3.28. The van der Waals surface area contributed by atoms with E-state index >= 15 is 0 Å². The number of nitrogens with one attached hydrogen (secondary N) is 1. The largest absolute Gasteiger partial charge is 0.399 e. The molecule has 0 bridgehead atoms. The standard InChI is InChI=1S/C17H23N3/c1-4-13-7-5-6-8-16(13)19-17-10-9-15(18)11-14(17)12-20(2)3/h5-11,19H,4,12,18H2,1-3H3. The van der Waals surface area contributed by atoms with Gasteiger partial charge < -0.3 is 16.0 Å². The van der Waals surface area contributed by atoms with Crippen LogP contribution in [0.25, 0.3) is 0 Å². The van der Waals surface area contributed by atoms with Gasteiger partial charge in [-0.2, -0.15) is 0 Å². The first-order chi connectivity index (χ1) is 9.60. The molecule has 0 radical (unpaired) electrons. The predicted octanol–water partition coefficient (Wildman–Crippen LogP) is 3.64. The molecule has 106 valence electrons. The molecule has 0 spiro atoms. The van der Waals surface area contributed by atoms with Crippen molar-refractivity contribution in [3.05, 3.63) is 53.6 Å². The molecule has 0 aliphatic carbocycles. The summed E-state index contributed by atoms with van der Waals surface area (Å²) in [4.78, 5) is 2.14. The summed E-state index contributed by atoms with van der Waals surface area (Å²) in [5.74, 6) is 0. The zero-order valence-corrected chi connectivity index (χ0v) is 12.5. The van der Waals surface area contributed by atoms with Crippen LogP contribution in [0, 0.1) is 0 Å². The van der Waals surface area contributed by atoms with Gasteiger partial charge in [-0.3, -0.25) is 0 Å². The van der Waals surface area contributed by atoms with E-state index in [1.165, 1.54) is 16.8 Å². The van der Waals surface area contributed by atoms with Crippen LogP contribution in [0.3, 0.4) is 0 Å². The molecule has 0 atom stereocenters. The number of rotatable bonds is 5. The van der Waals surface area contributed by atoms with Crippen LogP contribution < -0.4 is 11.1 Å². The van der Waals surface area contributed by atoms with Crippen molar-refractivity contribution in [2.75, 3.05) is 25.1 Å². The van der Waals surface area contributed by atoms with Crippen molar-refractivity contribution in [1.82, 2.24) is 4.90 Å². The molecule has 3 nitrogen and oxygen atoms in total. The van der Waals surface area contributed by atoms with Crippen molar-refractivity contribution in [3.8, 4) is 0 Å². The number of hydrogen-bond donors (Lipinski definition) is 2. The van der Waals surface area contributed by atoms with E-state index in [2.05, 4.69) is 61.6 Å². The summed E-state index contributed by atoms with van der Waals surface area (Å²) in [6.07, 6.45) is 1.02. The summed E-state index contributed by atoms with van der Waals surface area (Å²) in [5.41, 5.74) is 11.5. The Kier molecular flexibility index (Phi) is 4.64. The van der Waals surface area contributed by atoms with Crippen LogP contribution in [-0.2, 0) is 13.0 Å². The van der Waals surface area contributed by atoms with E-state index in [9.17, 15) is 0 Å². The van der Waals surface area contributed by atoms with Crippen LogP contribution in [0.15, 0.2) is 42.5 Å². The van der Waals surface area contributed by atoms with Crippen LogP contribution in [0.5, 0.6) is 0 Å². The number of hydrogen-bond acceptors (Lipinski definition) is 3. The first kappa shape index (κ1) is 14.4. The second-order valence-corrected chi connectivity index (χ2v) is 5.29. The smallest absolute Gasteiger partial charge is 0.0431 e. The molecule has 0 aliphatic rings. The van der Waals surface area contributed by atoms with Crippen molar-refractivity contribution < 1.29 is 0 Å². The van der Waals surface area contributed by atoms with Crippen molar-refractivity contribution in [1.29, 1.82) is 0 Å². The minimum Gasteiger partial charge on any atom is -0.399 e. The number of nitrogens with two attached hydrogens (primary N) is 1. The Morgan fingerprint density at radius 1 is 1.00 bits per heavy atom. The number of benzene rings is 2. The molecule has 0 heterocycles. The molecule has 0 fully saturated rings. The zero-order valence-electron chi connectivity index (χ0n) is 12.5. The molecule has 0 aromatic heterocycles. The lowest BCUT2D eigenvalue weighted by atomic mass is 10.1. The molecule has 3 N–H and O–H groups in total. The number of para-hydroxylation sites is 1. The molecule has 3 heteroatoms. The molecule has 0 unspecified atom stereocenters. The van der Waals surface area contributed by atoms with E-state index in [1.807, 2.05) is 12.1 Å². The number of nitrogen functional groups attached to an aromatic ring is 1. The van der Waals surface area contributed by atoms with E-state index in [4.69, 9.17) is 5.73 Å². The first-order valence-corrected chi connectivity index (χ1v) is 6.98. The third kappa shape index (κ3) is 3.52. The van der Waals surface area contributed by atoms with Gasteiger partial charge in [0.2, 0.25) is 0 Å². The monoisotopic (exact) mass is 269 g/mol. The molecule has 2 aromatic rings. The van der Waals surface area contributed by atoms with Gasteiger partial charge in [0.15, 0.2) is 0 Å². The Bertz CT molecular complexity index is 576. The van der Waals surface area contributed by atoms with Crippen LogP contribution >= 0.6 is 0 Å². The average molecular weight is 269 g/mol. The summed E-state index contributed by atoms with van der Waals surface area (Å²) in [5, 5.41) is 3.54. The highest BCUT2D eigenvalue weighted by molar-refractivity contribution is 5.68. The van der Waals surface area contributed by atoms with Gasteiger partial charge >= 0.3 is 0 Å². The van der Waals surface area contributed by atoms with Gasteiger partial charge in [-0.1, -0.05) is 25.1 Å². The predicted molar refractivity (Wildman–Crippen MR) is 87.3 cm³/mol. The highest BCUT2D eigenvalue weighted by Crippen LogP contribution is 2.26. The molecule has 0 saturated carbocycles. The Morgan fingerprint density at radius 3 is 2.40 bits per heavy atom. The summed E-state index contributed by atoms with van der Waals surface area (Å²) < 4.78 is 0. The quantitative estimate of drug-likeness (QED) is 0.814. The van der Waals surface area contributed by atoms with E-state index in [1.54, 1.807) is 0 Å². The number of aryl methyl sites for hydroxylation is 1. The molecule has 0 saturated heterocycles. The minimum absolute atomic E-state index is 0.802. The van der Waals surface area contributed by atoms with Crippen LogP contribution in [0.4, 0.5) is 17.1 Å². The average Bonchev–Trinajstić information content (AvgIpc) is 2.42. The maximum Gasteiger partial charge on any atom is 0.0431 e. The second-order valence-electron chi connectivity index (χ2n) is 5.29. The SMILES string of the molecule is CCc1ccccc1Nc1ccc(N)cc1CN(C)C. The Hall–Kier alpha value is -2.00. The highest BCUT2D eigenvalue weighted by atomic mass is 15.1. The van der Waals surface area contributed by atoms with Crippen molar-refractivity contribution >= 4 is 17.1 Å². The van der Waals surface area contributed by atoms with E-state index in [0.717, 1.165) is 24.3 Å². The van der Waals surface area contributed by atoms with Crippen molar-refractivity contribution in [2.45, 2.75) is 19.9 Å². The summed E-state index contributed by atoms with van der Waals surface area (Å²) >= 11 is 0. The maximum absolute atomic E-state index is 5.91. The fourth-order valence-electron chi connectivity index (χ4n) is 2.30. The lowest BCUT2D eigenvalue weighted by molar-refractivity contribution is 0.403. The van der Waals surface area contributed by atoms with E-state index < -0.39 is 0 Å². The maximum atomic E-state index is 5.91. The fourth-order valence-corrected chi connectivity index (χ4v) is 2.30. The zero-order chi connectivity index (χ0) is 14.5. The Morgan fingerprint density at radius 2 is 1.70 bits per heavy atom. The Labute approximate surface area is 121 Å². The summed E-state index contributed by atoms with van der Waals surface area (Å²) in [7, 11) is 4.12. The van der Waals surface area contributed by atoms with Crippen molar-refractivity contribution in [2.24, 2.45) is 0 Å². The molecule has 0 amide bonds. The van der Waals surface area contributed by atoms with Gasteiger partial charge in [0.05, 0.1) is 0 Å². The van der Waals surface area contributed by atoms with Crippen LogP contribution in [0.2, 0.25) is 0 Å². The first-order valence-electron chi connectivity index (χ1n) is 6.98. The Balaban J connectivity index is 2.33. The van der Waals surface area contributed by atoms with Gasteiger partial charge in [-0.15, -0.1) is 0 Å². The van der Waals surface area contributed by atoms with Gasteiger partial charge in [0.1, 0.15) is 0 Å².